The van der Waals surface area contributed by atoms with Crippen molar-refractivity contribution in [3.8, 4) is 0 Å². The van der Waals surface area contributed by atoms with E-state index in [0.717, 1.165) is 22.2 Å². The van der Waals surface area contributed by atoms with Gasteiger partial charge in [0.15, 0.2) is 0 Å². The van der Waals surface area contributed by atoms with Gasteiger partial charge < -0.3 is 5.32 Å². The molecule has 4 heteroatoms. The van der Waals surface area contributed by atoms with Crippen molar-refractivity contribution in [2.24, 2.45) is 17.8 Å². The van der Waals surface area contributed by atoms with Crippen LogP contribution in [0, 0.1) is 31.6 Å². The maximum atomic E-state index is 12.6. The van der Waals surface area contributed by atoms with Gasteiger partial charge in [0, 0.05) is 14.9 Å². The number of halogens is 1. The van der Waals surface area contributed by atoms with Crippen molar-refractivity contribution >= 4 is 33.6 Å². The predicted molar refractivity (Wildman–Crippen MR) is 103 cm³/mol. The molecule has 1 N–H and O–H groups in total. The molecule has 0 saturated heterocycles. The van der Waals surface area contributed by atoms with Gasteiger partial charge in [-0.15, -0.1) is 11.8 Å². The van der Waals surface area contributed by atoms with Gasteiger partial charge in [0.25, 0.3) is 0 Å². The summed E-state index contributed by atoms with van der Waals surface area (Å²) in [5, 5.41) is 3.47. The lowest BCUT2D eigenvalue weighted by Crippen LogP contribution is -2.60. The van der Waals surface area contributed by atoms with Crippen LogP contribution in [0.3, 0.4) is 0 Å². The Morgan fingerprint density at radius 1 is 1.12 bits per heavy atom. The van der Waals surface area contributed by atoms with Crippen molar-refractivity contribution in [3.05, 3.63) is 27.7 Å². The highest BCUT2D eigenvalue weighted by atomic mass is 79.9. The number of rotatable bonds is 4. The number of hydrogen-bond acceptors (Lipinski definition) is 2. The Morgan fingerprint density at radius 2 is 1.71 bits per heavy atom. The zero-order valence-corrected chi connectivity index (χ0v) is 16.9. The highest BCUT2D eigenvalue weighted by molar-refractivity contribution is 9.10. The molecule has 4 saturated carbocycles. The summed E-state index contributed by atoms with van der Waals surface area (Å²) in [4.78, 5) is 13.8. The molecular formula is C20H26BrNOS. The Hall–Kier alpha value is -0.480. The van der Waals surface area contributed by atoms with E-state index < -0.39 is 0 Å². The fourth-order valence-electron chi connectivity index (χ4n) is 5.65. The van der Waals surface area contributed by atoms with Gasteiger partial charge in [-0.1, -0.05) is 15.9 Å². The number of carbonyl (C=O) groups excluding carboxylic acids is 1. The SMILES string of the molecule is Cc1cc(SCC(=O)NC23CC4CC(CC(C4)C2)C3)c(C)cc1Br. The van der Waals surface area contributed by atoms with E-state index >= 15 is 0 Å². The summed E-state index contributed by atoms with van der Waals surface area (Å²) in [5.74, 6) is 3.38. The second-order valence-electron chi connectivity index (χ2n) is 8.40. The van der Waals surface area contributed by atoms with Gasteiger partial charge in [0.2, 0.25) is 5.91 Å². The van der Waals surface area contributed by atoms with Crippen LogP contribution in [-0.2, 0) is 4.79 Å². The molecule has 0 aliphatic heterocycles. The summed E-state index contributed by atoms with van der Waals surface area (Å²) in [7, 11) is 0. The van der Waals surface area contributed by atoms with Gasteiger partial charge in [-0.2, -0.15) is 0 Å². The van der Waals surface area contributed by atoms with E-state index in [-0.39, 0.29) is 11.4 Å². The average molecular weight is 408 g/mol. The second kappa shape index (κ2) is 6.35. The number of thioether (sulfide) groups is 1. The molecule has 5 rings (SSSR count). The van der Waals surface area contributed by atoms with Crippen molar-refractivity contribution in [2.45, 2.75) is 62.8 Å². The first-order valence-electron chi connectivity index (χ1n) is 9.13. The Morgan fingerprint density at radius 3 is 2.29 bits per heavy atom. The molecule has 1 aromatic carbocycles. The molecule has 1 aromatic rings. The minimum atomic E-state index is 0.136. The molecule has 0 atom stereocenters. The molecule has 4 bridgehead atoms. The van der Waals surface area contributed by atoms with Crippen LogP contribution in [0.4, 0.5) is 0 Å². The van der Waals surface area contributed by atoms with E-state index in [2.05, 4.69) is 47.2 Å². The number of benzene rings is 1. The monoisotopic (exact) mass is 407 g/mol. The summed E-state index contributed by atoms with van der Waals surface area (Å²) in [5.41, 5.74) is 2.60. The van der Waals surface area contributed by atoms with Crippen LogP contribution in [0.2, 0.25) is 0 Å². The lowest BCUT2D eigenvalue weighted by molar-refractivity contribution is -0.124. The number of amides is 1. The number of nitrogens with one attached hydrogen (secondary N) is 1. The Kier molecular flexibility index (Phi) is 4.49. The summed E-state index contributed by atoms with van der Waals surface area (Å²) in [6.07, 6.45) is 7.94. The van der Waals surface area contributed by atoms with Crippen molar-refractivity contribution in [1.29, 1.82) is 0 Å². The van der Waals surface area contributed by atoms with Crippen LogP contribution in [-0.4, -0.2) is 17.2 Å². The summed E-state index contributed by atoms with van der Waals surface area (Å²) >= 11 is 5.25. The largest absolute Gasteiger partial charge is 0.350 e. The van der Waals surface area contributed by atoms with Crippen LogP contribution in [0.5, 0.6) is 0 Å². The van der Waals surface area contributed by atoms with Gasteiger partial charge in [-0.05, 0) is 93.4 Å². The van der Waals surface area contributed by atoms with Crippen molar-refractivity contribution in [3.63, 3.8) is 0 Å². The van der Waals surface area contributed by atoms with E-state index in [4.69, 9.17) is 0 Å². The van der Waals surface area contributed by atoms with Crippen molar-refractivity contribution in [1.82, 2.24) is 5.32 Å². The predicted octanol–water partition coefficient (Wildman–Crippen LogP) is 5.24. The van der Waals surface area contributed by atoms with Crippen molar-refractivity contribution in [2.75, 3.05) is 5.75 Å². The first kappa shape index (κ1) is 17.0. The van der Waals surface area contributed by atoms with Gasteiger partial charge in [-0.3, -0.25) is 4.79 Å². The molecule has 0 aromatic heterocycles. The third-order valence-corrected chi connectivity index (χ3v) is 8.27. The Balaban J connectivity index is 1.38. The highest BCUT2D eigenvalue weighted by Crippen LogP contribution is 2.55. The standard InChI is InChI=1S/C20H26BrNOS/c1-12-4-18(13(2)3-17(12)21)24-11-19(23)22-20-8-14-5-15(9-20)7-16(6-14)10-20/h3-4,14-16H,5-11H2,1-2H3,(H,22,23). The van der Waals surface area contributed by atoms with Gasteiger partial charge >= 0.3 is 0 Å². The molecule has 4 aliphatic carbocycles. The fourth-order valence-corrected chi connectivity index (χ4v) is 7.01. The van der Waals surface area contributed by atoms with Gasteiger partial charge in [0.05, 0.1) is 5.75 Å². The molecule has 130 valence electrons. The lowest BCUT2D eigenvalue weighted by Gasteiger charge is -2.56. The van der Waals surface area contributed by atoms with Crippen LogP contribution >= 0.6 is 27.7 Å². The molecule has 0 unspecified atom stereocenters. The minimum absolute atomic E-state index is 0.136. The fraction of sp³-hybridized carbons (Fsp3) is 0.650. The molecule has 0 heterocycles. The lowest BCUT2D eigenvalue weighted by atomic mass is 9.53. The number of carbonyl (C=O) groups is 1. The third kappa shape index (κ3) is 3.29. The second-order valence-corrected chi connectivity index (χ2v) is 10.3. The minimum Gasteiger partial charge on any atom is -0.350 e. The molecule has 24 heavy (non-hydrogen) atoms. The van der Waals surface area contributed by atoms with Gasteiger partial charge in [-0.25, -0.2) is 0 Å². The van der Waals surface area contributed by atoms with Gasteiger partial charge in [0.1, 0.15) is 0 Å². The topological polar surface area (TPSA) is 29.1 Å². The summed E-state index contributed by atoms with van der Waals surface area (Å²) < 4.78 is 1.14. The maximum Gasteiger partial charge on any atom is 0.230 e. The van der Waals surface area contributed by atoms with Crippen LogP contribution in [0.1, 0.15) is 49.7 Å². The molecule has 0 radical (unpaired) electrons. The number of aryl methyl sites for hydroxylation is 2. The number of hydrogen-bond donors (Lipinski definition) is 1. The van der Waals surface area contributed by atoms with Crippen LogP contribution in [0.15, 0.2) is 21.5 Å². The van der Waals surface area contributed by atoms with E-state index in [9.17, 15) is 4.79 Å². The quantitative estimate of drug-likeness (QED) is 0.690. The zero-order valence-electron chi connectivity index (χ0n) is 14.5. The average Bonchev–Trinajstić information content (AvgIpc) is 2.47. The zero-order chi connectivity index (χ0) is 16.9. The highest BCUT2D eigenvalue weighted by Gasteiger charge is 2.51. The van der Waals surface area contributed by atoms with E-state index in [1.165, 1.54) is 54.5 Å². The van der Waals surface area contributed by atoms with Crippen molar-refractivity contribution < 1.29 is 4.79 Å². The van der Waals surface area contributed by atoms with E-state index in [1.807, 2.05) is 0 Å². The van der Waals surface area contributed by atoms with E-state index in [1.54, 1.807) is 11.8 Å². The van der Waals surface area contributed by atoms with Crippen LogP contribution < -0.4 is 5.32 Å². The molecule has 1 amide bonds. The first-order chi connectivity index (χ1) is 11.4. The van der Waals surface area contributed by atoms with Crippen LogP contribution in [0.25, 0.3) is 0 Å². The summed E-state index contributed by atoms with van der Waals surface area (Å²) in [6, 6.07) is 4.33. The smallest absolute Gasteiger partial charge is 0.230 e. The molecule has 4 fully saturated rings. The maximum absolute atomic E-state index is 12.6. The Bertz CT molecular complexity index is 637. The Labute approximate surface area is 157 Å². The molecular weight excluding hydrogens is 382 g/mol. The molecule has 4 aliphatic rings. The molecule has 0 spiro atoms. The first-order valence-corrected chi connectivity index (χ1v) is 10.9. The summed E-state index contributed by atoms with van der Waals surface area (Å²) in [6.45, 7) is 4.21. The molecule has 2 nitrogen and oxygen atoms in total. The van der Waals surface area contributed by atoms with E-state index in [0.29, 0.717) is 5.75 Å². The normalized spacial score (nSPS) is 33.7. The third-order valence-electron chi connectivity index (χ3n) is 6.26.